The van der Waals surface area contributed by atoms with E-state index >= 15 is 0 Å². The molecular formula is C23H25Cl2N3OS. The molecule has 2 fully saturated rings. The number of benzene rings is 2. The van der Waals surface area contributed by atoms with Crippen molar-refractivity contribution in [1.82, 2.24) is 4.90 Å². The van der Waals surface area contributed by atoms with Crippen molar-refractivity contribution < 1.29 is 4.79 Å². The lowest BCUT2D eigenvalue weighted by molar-refractivity contribution is -0.114. The minimum absolute atomic E-state index is 0.0298. The van der Waals surface area contributed by atoms with Crippen LogP contribution >= 0.6 is 35.0 Å². The van der Waals surface area contributed by atoms with E-state index in [2.05, 4.69) is 42.1 Å². The second-order valence-electron chi connectivity index (χ2n) is 7.80. The Morgan fingerprint density at radius 3 is 2.60 bits per heavy atom. The van der Waals surface area contributed by atoms with Gasteiger partial charge in [-0.05, 0) is 50.4 Å². The number of nitrogens with zero attached hydrogens (tertiary/aromatic N) is 3. The number of anilines is 2. The van der Waals surface area contributed by atoms with Gasteiger partial charge in [-0.15, -0.1) is 11.8 Å². The van der Waals surface area contributed by atoms with Crippen LogP contribution in [0.5, 0.6) is 0 Å². The average Bonchev–Trinajstić information content (AvgIpc) is 3.23. The normalized spacial score (nSPS) is 21.2. The fourth-order valence-electron chi connectivity index (χ4n) is 4.00. The molecule has 2 aliphatic heterocycles. The van der Waals surface area contributed by atoms with Crippen LogP contribution in [0, 0.1) is 0 Å². The van der Waals surface area contributed by atoms with Crippen LogP contribution in [-0.2, 0) is 4.79 Å². The highest BCUT2D eigenvalue weighted by molar-refractivity contribution is 8.04. The first kappa shape index (κ1) is 21.6. The van der Waals surface area contributed by atoms with Gasteiger partial charge in [0, 0.05) is 37.1 Å². The first-order valence-electron chi connectivity index (χ1n) is 10.1. The number of rotatable bonds is 4. The van der Waals surface area contributed by atoms with Crippen molar-refractivity contribution in [3.63, 3.8) is 0 Å². The first-order chi connectivity index (χ1) is 14.5. The van der Waals surface area contributed by atoms with Crippen molar-refractivity contribution in [2.24, 2.45) is 0 Å². The molecule has 4 rings (SSSR count). The van der Waals surface area contributed by atoms with E-state index in [1.165, 1.54) is 5.69 Å². The highest BCUT2D eigenvalue weighted by Gasteiger charge is 2.29. The van der Waals surface area contributed by atoms with Gasteiger partial charge in [0.1, 0.15) is 0 Å². The number of amides is 1. The summed E-state index contributed by atoms with van der Waals surface area (Å²) in [7, 11) is 4.27. The summed E-state index contributed by atoms with van der Waals surface area (Å²) in [5, 5.41) is 0.881. The predicted octanol–water partition coefficient (Wildman–Crippen LogP) is 5.25. The van der Waals surface area contributed by atoms with E-state index in [1.54, 1.807) is 22.7 Å². The van der Waals surface area contributed by atoms with Crippen LogP contribution in [0.25, 0.3) is 6.08 Å². The molecule has 2 aliphatic rings. The van der Waals surface area contributed by atoms with Crippen LogP contribution in [-0.4, -0.2) is 56.3 Å². The topological polar surface area (TPSA) is 26.8 Å². The Labute approximate surface area is 192 Å². The van der Waals surface area contributed by atoms with Gasteiger partial charge < -0.3 is 14.7 Å². The molecule has 4 nitrogen and oxygen atoms in total. The molecule has 0 aromatic heterocycles. The van der Waals surface area contributed by atoms with E-state index in [1.807, 2.05) is 24.3 Å². The maximum Gasteiger partial charge on any atom is 0.264 e. The van der Waals surface area contributed by atoms with Gasteiger partial charge in [0.25, 0.3) is 5.91 Å². The molecule has 2 aromatic carbocycles. The molecule has 2 saturated heterocycles. The third-order valence-electron chi connectivity index (χ3n) is 5.71. The highest BCUT2D eigenvalue weighted by atomic mass is 35.5. The summed E-state index contributed by atoms with van der Waals surface area (Å²) < 4.78 is 0. The Kier molecular flexibility index (Phi) is 6.63. The molecule has 0 aliphatic carbocycles. The third kappa shape index (κ3) is 4.35. The lowest BCUT2D eigenvalue weighted by atomic mass is 10.1. The summed E-state index contributed by atoms with van der Waals surface area (Å²) in [5.41, 5.74) is 2.93. The van der Waals surface area contributed by atoms with E-state index in [0.717, 1.165) is 35.7 Å². The number of para-hydroxylation sites is 1. The maximum atomic E-state index is 13.3. The maximum absolute atomic E-state index is 13.3. The standard InChI is InChI=1S/C23H25Cl2N3OS/c1-26(2)17-10-11-27(15-17)19-8-4-3-6-16(19)14-21-23(29)28(12-13-30-21)20-9-5-7-18(24)22(20)25/h3-9,14,17H,10-13,15H2,1-2H3. The van der Waals surface area contributed by atoms with E-state index in [9.17, 15) is 4.79 Å². The minimum Gasteiger partial charge on any atom is -0.369 e. The quantitative estimate of drug-likeness (QED) is 0.580. The summed E-state index contributed by atoms with van der Waals surface area (Å²) in [6.45, 7) is 2.63. The smallest absolute Gasteiger partial charge is 0.264 e. The fourth-order valence-corrected chi connectivity index (χ4v) is 5.33. The zero-order chi connectivity index (χ0) is 21.3. The Morgan fingerprint density at radius 1 is 1.07 bits per heavy atom. The van der Waals surface area contributed by atoms with Crippen molar-refractivity contribution in [2.45, 2.75) is 12.5 Å². The molecule has 0 saturated carbocycles. The number of halogens is 2. The van der Waals surface area contributed by atoms with Gasteiger partial charge in [-0.3, -0.25) is 4.79 Å². The van der Waals surface area contributed by atoms with Crippen molar-refractivity contribution in [1.29, 1.82) is 0 Å². The van der Waals surface area contributed by atoms with Crippen LogP contribution in [0.3, 0.4) is 0 Å². The molecule has 0 N–H and O–H groups in total. The average molecular weight is 462 g/mol. The molecule has 30 heavy (non-hydrogen) atoms. The number of carbonyl (C=O) groups is 1. The minimum atomic E-state index is -0.0298. The van der Waals surface area contributed by atoms with Crippen LogP contribution in [0.1, 0.15) is 12.0 Å². The molecule has 1 unspecified atom stereocenters. The molecule has 0 bridgehead atoms. The second kappa shape index (κ2) is 9.23. The molecule has 2 aromatic rings. The molecule has 1 amide bonds. The number of hydrogen-bond acceptors (Lipinski definition) is 4. The van der Waals surface area contributed by atoms with E-state index in [-0.39, 0.29) is 5.91 Å². The molecule has 0 spiro atoms. The van der Waals surface area contributed by atoms with Gasteiger partial charge in [0.05, 0.1) is 20.6 Å². The lowest BCUT2D eigenvalue weighted by Crippen LogP contribution is -2.37. The van der Waals surface area contributed by atoms with Crippen molar-refractivity contribution in [3.8, 4) is 0 Å². The van der Waals surface area contributed by atoms with Crippen LogP contribution in [0.2, 0.25) is 10.0 Å². The van der Waals surface area contributed by atoms with E-state index in [0.29, 0.717) is 28.3 Å². The molecule has 2 heterocycles. The van der Waals surface area contributed by atoms with Crippen molar-refractivity contribution in [2.75, 3.05) is 49.3 Å². The third-order valence-corrected chi connectivity index (χ3v) is 7.51. The lowest BCUT2D eigenvalue weighted by Gasteiger charge is -2.29. The Morgan fingerprint density at radius 2 is 1.83 bits per heavy atom. The van der Waals surface area contributed by atoms with Gasteiger partial charge in [0.15, 0.2) is 0 Å². The number of carbonyl (C=O) groups excluding carboxylic acids is 1. The molecule has 1 atom stereocenters. The zero-order valence-corrected chi connectivity index (χ0v) is 19.5. The van der Waals surface area contributed by atoms with Gasteiger partial charge in [-0.1, -0.05) is 47.5 Å². The van der Waals surface area contributed by atoms with Gasteiger partial charge in [-0.2, -0.15) is 0 Å². The highest BCUT2D eigenvalue weighted by Crippen LogP contribution is 2.37. The van der Waals surface area contributed by atoms with Crippen molar-refractivity contribution in [3.05, 3.63) is 63.0 Å². The first-order valence-corrected chi connectivity index (χ1v) is 11.8. The molecule has 158 valence electrons. The van der Waals surface area contributed by atoms with Gasteiger partial charge in [-0.25, -0.2) is 0 Å². The monoisotopic (exact) mass is 461 g/mol. The second-order valence-corrected chi connectivity index (χ2v) is 9.72. The summed E-state index contributed by atoms with van der Waals surface area (Å²) in [6, 6.07) is 14.3. The zero-order valence-electron chi connectivity index (χ0n) is 17.1. The molecule has 0 radical (unpaired) electrons. The largest absolute Gasteiger partial charge is 0.369 e. The Bertz CT molecular complexity index is 979. The fraction of sp³-hybridized carbons (Fsp3) is 0.348. The predicted molar refractivity (Wildman–Crippen MR) is 130 cm³/mol. The van der Waals surface area contributed by atoms with E-state index < -0.39 is 0 Å². The Hall–Kier alpha value is -1.66. The van der Waals surface area contributed by atoms with Gasteiger partial charge >= 0.3 is 0 Å². The summed E-state index contributed by atoms with van der Waals surface area (Å²) in [6.07, 6.45) is 3.17. The van der Waals surface area contributed by atoms with Crippen LogP contribution in [0.15, 0.2) is 47.4 Å². The van der Waals surface area contributed by atoms with Crippen LogP contribution in [0.4, 0.5) is 11.4 Å². The van der Waals surface area contributed by atoms with Gasteiger partial charge in [0.2, 0.25) is 0 Å². The summed E-state index contributed by atoms with van der Waals surface area (Å²) in [4.78, 5) is 20.4. The summed E-state index contributed by atoms with van der Waals surface area (Å²) in [5.74, 6) is 0.785. The SMILES string of the molecule is CN(C)C1CCN(c2ccccc2C=C2SCCN(c3cccc(Cl)c3Cl)C2=O)C1. The Balaban J connectivity index is 1.62. The van der Waals surface area contributed by atoms with Crippen molar-refractivity contribution >= 4 is 58.3 Å². The molecular weight excluding hydrogens is 437 g/mol. The number of likely N-dealkylation sites (N-methyl/N-ethyl adjacent to an activating group) is 1. The number of thioether (sulfide) groups is 1. The van der Waals surface area contributed by atoms with E-state index in [4.69, 9.17) is 23.2 Å². The molecule has 7 heteroatoms. The number of hydrogen-bond donors (Lipinski definition) is 0. The summed E-state index contributed by atoms with van der Waals surface area (Å²) >= 11 is 14.2. The van der Waals surface area contributed by atoms with Crippen LogP contribution < -0.4 is 9.80 Å².